The molecule has 0 aliphatic heterocycles. The van der Waals surface area contributed by atoms with Crippen molar-refractivity contribution in [3.05, 3.63) is 70.1 Å². The summed E-state index contributed by atoms with van der Waals surface area (Å²) in [5, 5.41) is 10.2. The van der Waals surface area contributed by atoms with Crippen LogP contribution in [-0.4, -0.2) is 30.6 Å². The molecular formula is C23H24N6OS. The second kappa shape index (κ2) is 8.77. The fourth-order valence-electron chi connectivity index (χ4n) is 3.30. The van der Waals surface area contributed by atoms with Crippen LogP contribution < -0.4 is 5.32 Å². The van der Waals surface area contributed by atoms with Crippen molar-refractivity contribution in [2.24, 2.45) is 0 Å². The molecule has 1 amide bonds. The Morgan fingerprint density at radius 2 is 1.71 bits per heavy atom. The molecule has 0 radical (unpaired) electrons. The van der Waals surface area contributed by atoms with Gasteiger partial charge in [0.25, 0.3) is 5.95 Å². The molecule has 0 saturated carbocycles. The van der Waals surface area contributed by atoms with E-state index in [1.807, 2.05) is 32.2 Å². The van der Waals surface area contributed by atoms with Crippen molar-refractivity contribution in [1.82, 2.24) is 24.7 Å². The number of hydrogen-bond acceptors (Lipinski definition) is 6. The van der Waals surface area contributed by atoms with Gasteiger partial charge in [-0.15, -0.1) is 11.3 Å². The number of hydrogen-bond donors (Lipinski definition) is 1. The molecule has 3 heterocycles. The summed E-state index contributed by atoms with van der Waals surface area (Å²) in [4.78, 5) is 26.2. The third-order valence-electron chi connectivity index (χ3n) is 4.76. The number of nitrogens with zero attached hydrogens (tertiary/aromatic N) is 5. The van der Waals surface area contributed by atoms with Crippen molar-refractivity contribution in [2.75, 3.05) is 5.32 Å². The number of carbonyl (C=O) groups is 1. The molecule has 0 unspecified atom stereocenters. The molecule has 31 heavy (non-hydrogen) atoms. The summed E-state index contributed by atoms with van der Waals surface area (Å²) in [5.41, 5.74) is 5.55. The smallest absolute Gasteiger partial charge is 0.252 e. The monoisotopic (exact) mass is 432 g/mol. The molecule has 4 rings (SSSR count). The van der Waals surface area contributed by atoms with Gasteiger partial charge in [-0.2, -0.15) is 9.78 Å². The molecule has 8 heteroatoms. The van der Waals surface area contributed by atoms with Crippen molar-refractivity contribution in [2.45, 2.75) is 40.5 Å². The number of aromatic nitrogens is 5. The van der Waals surface area contributed by atoms with Crippen LogP contribution in [0.25, 0.3) is 16.5 Å². The van der Waals surface area contributed by atoms with E-state index < -0.39 is 0 Å². The zero-order chi connectivity index (χ0) is 22.0. The third-order valence-corrected chi connectivity index (χ3v) is 5.70. The SMILES string of the molecule is CCc1ccc(-c2nc(CC(=O)Nc3cc(C)nn3-c3nc(C)cc(C)n3)cs2)cc1. The number of benzene rings is 1. The van der Waals surface area contributed by atoms with Crippen LogP contribution in [0.1, 0.15) is 35.3 Å². The summed E-state index contributed by atoms with van der Waals surface area (Å²) in [6.45, 7) is 7.81. The van der Waals surface area contributed by atoms with Gasteiger partial charge < -0.3 is 5.32 Å². The van der Waals surface area contributed by atoms with Gasteiger partial charge in [0.15, 0.2) is 0 Å². The average Bonchev–Trinajstić information content (AvgIpc) is 3.33. The molecule has 0 aliphatic carbocycles. The first-order chi connectivity index (χ1) is 14.9. The van der Waals surface area contributed by atoms with Gasteiger partial charge in [-0.05, 0) is 38.8 Å². The lowest BCUT2D eigenvalue weighted by Gasteiger charge is -2.08. The lowest BCUT2D eigenvalue weighted by Crippen LogP contribution is -2.18. The summed E-state index contributed by atoms with van der Waals surface area (Å²) in [7, 11) is 0. The van der Waals surface area contributed by atoms with Crippen LogP contribution in [0.3, 0.4) is 0 Å². The highest BCUT2D eigenvalue weighted by Crippen LogP contribution is 2.25. The first-order valence-electron chi connectivity index (χ1n) is 10.1. The predicted molar refractivity (Wildman–Crippen MR) is 123 cm³/mol. The molecule has 0 saturated heterocycles. The van der Waals surface area contributed by atoms with Crippen LogP contribution in [0, 0.1) is 20.8 Å². The van der Waals surface area contributed by atoms with Crippen molar-refractivity contribution in [3.8, 4) is 16.5 Å². The van der Waals surface area contributed by atoms with Crippen molar-refractivity contribution in [1.29, 1.82) is 0 Å². The van der Waals surface area contributed by atoms with Crippen molar-refractivity contribution < 1.29 is 4.79 Å². The maximum atomic E-state index is 12.7. The number of anilines is 1. The summed E-state index contributed by atoms with van der Waals surface area (Å²) >= 11 is 1.54. The summed E-state index contributed by atoms with van der Waals surface area (Å²) < 4.78 is 1.56. The normalized spacial score (nSPS) is 11.0. The van der Waals surface area contributed by atoms with Gasteiger partial charge >= 0.3 is 0 Å². The molecule has 0 atom stereocenters. The minimum atomic E-state index is -0.163. The standard InChI is InChI=1S/C23H24N6OS/c1-5-17-6-8-18(9-7-17)22-26-19(13-31-22)12-21(30)27-20-11-16(4)28-29(20)23-24-14(2)10-15(3)25-23/h6-11,13H,5,12H2,1-4H3,(H,27,30). The van der Waals surface area contributed by atoms with E-state index in [4.69, 9.17) is 0 Å². The topological polar surface area (TPSA) is 85.6 Å². The highest BCUT2D eigenvalue weighted by Gasteiger charge is 2.15. The summed E-state index contributed by atoms with van der Waals surface area (Å²) in [6.07, 6.45) is 1.19. The first-order valence-corrected chi connectivity index (χ1v) is 11.0. The van der Waals surface area contributed by atoms with E-state index in [0.717, 1.165) is 39.8 Å². The molecule has 0 fully saturated rings. The second-order valence-electron chi connectivity index (χ2n) is 7.45. The second-order valence-corrected chi connectivity index (χ2v) is 8.31. The molecule has 7 nitrogen and oxygen atoms in total. The Morgan fingerprint density at radius 3 is 2.39 bits per heavy atom. The Balaban J connectivity index is 1.49. The molecule has 3 aromatic heterocycles. The van der Waals surface area contributed by atoms with E-state index in [-0.39, 0.29) is 12.3 Å². The number of amides is 1. The van der Waals surface area contributed by atoms with Crippen LogP contribution in [0.15, 0.2) is 41.8 Å². The Kier molecular flexibility index (Phi) is 5.90. The van der Waals surface area contributed by atoms with Gasteiger partial charge in [-0.1, -0.05) is 31.2 Å². The zero-order valence-corrected chi connectivity index (χ0v) is 18.8. The van der Waals surface area contributed by atoms with Gasteiger partial charge in [0, 0.05) is 28.4 Å². The molecular weight excluding hydrogens is 408 g/mol. The molecule has 158 valence electrons. The number of rotatable bonds is 6. The molecule has 1 N–H and O–H groups in total. The quantitative estimate of drug-likeness (QED) is 0.486. The molecule has 0 bridgehead atoms. The van der Waals surface area contributed by atoms with E-state index in [9.17, 15) is 4.79 Å². The van der Waals surface area contributed by atoms with Gasteiger partial charge in [0.1, 0.15) is 10.8 Å². The van der Waals surface area contributed by atoms with Gasteiger partial charge in [0.2, 0.25) is 5.91 Å². The van der Waals surface area contributed by atoms with Crippen LogP contribution in [0.4, 0.5) is 5.82 Å². The number of aryl methyl sites for hydroxylation is 4. The Morgan fingerprint density at radius 1 is 1.00 bits per heavy atom. The van der Waals surface area contributed by atoms with Crippen LogP contribution in [0.2, 0.25) is 0 Å². The molecule has 1 aromatic carbocycles. The van der Waals surface area contributed by atoms with E-state index in [1.165, 1.54) is 5.56 Å². The number of nitrogens with one attached hydrogen (secondary N) is 1. The average molecular weight is 433 g/mol. The number of carbonyl (C=O) groups excluding carboxylic acids is 1. The van der Waals surface area contributed by atoms with Gasteiger partial charge in [-0.25, -0.2) is 15.0 Å². The zero-order valence-electron chi connectivity index (χ0n) is 18.0. The fraction of sp³-hybridized carbons (Fsp3) is 0.261. The third kappa shape index (κ3) is 4.86. The highest BCUT2D eigenvalue weighted by atomic mass is 32.1. The van der Waals surface area contributed by atoms with Gasteiger partial charge in [0.05, 0.1) is 17.8 Å². The number of thiazole rings is 1. The lowest BCUT2D eigenvalue weighted by atomic mass is 10.1. The van der Waals surface area contributed by atoms with Crippen molar-refractivity contribution in [3.63, 3.8) is 0 Å². The fourth-order valence-corrected chi connectivity index (χ4v) is 4.12. The van der Waals surface area contributed by atoms with Gasteiger partial charge in [-0.3, -0.25) is 4.79 Å². The van der Waals surface area contributed by atoms with Crippen LogP contribution >= 0.6 is 11.3 Å². The largest absolute Gasteiger partial charge is 0.310 e. The van der Waals surface area contributed by atoms with Crippen LogP contribution in [-0.2, 0) is 17.6 Å². The van der Waals surface area contributed by atoms with Crippen molar-refractivity contribution >= 4 is 23.1 Å². The molecule has 0 aliphatic rings. The predicted octanol–water partition coefficient (Wildman–Crippen LogP) is 4.45. The summed E-state index contributed by atoms with van der Waals surface area (Å²) in [5.74, 6) is 0.814. The maximum Gasteiger partial charge on any atom is 0.252 e. The van der Waals surface area contributed by atoms with E-state index in [0.29, 0.717) is 11.8 Å². The van der Waals surface area contributed by atoms with Crippen LogP contribution in [0.5, 0.6) is 0 Å². The summed E-state index contributed by atoms with van der Waals surface area (Å²) in [6, 6.07) is 12.1. The van der Waals surface area contributed by atoms with E-state index in [1.54, 1.807) is 22.1 Å². The maximum absolute atomic E-state index is 12.7. The molecule has 0 spiro atoms. The minimum absolute atomic E-state index is 0.163. The lowest BCUT2D eigenvalue weighted by molar-refractivity contribution is -0.115. The Bertz CT molecular complexity index is 1210. The first kappa shape index (κ1) is 20.9. The molecule has 4 aromatic rings. The Labute approximate surface area is 185 Å². The van der Waals surface area contributed by atoms with E-state index in [2.05, 4.69) is 56.6 Å². The van der Waals surface area contributed by atoms with E-state index >= 15 is 0 Å². The highest BCUT2D eigenvalue weighted by molar-refractivity contribution is 7.13. The minimum Gasteiger partial charge on any atom is -0.310 e. The Hall–Kier alpha value is -3.39.